The highest BCUT2D eigenvalue weighted by atomic mass is 32.1. The number of hydrogen-bond donors (Lipinski definition) is 1. The second-order valence-electron chi connectivity index (χ2n) is 5.59. The van der Waals surface area contributed by atoms with E-state index in [9.17, 15) is 0 Å². The summed E-state index contributed by atoms with van der Waals surface area (Å²) in [7, 11) is 2.18. The number of thiazole rings is 1. The van der Waals surface area contributed by atoms with Gasteiger partial charge in [0.15, 0.2) is 0 Å². The number of aromatic nitrogens is 1. The van der Waals surface area contributed by atoms with Crippen molar-refractivity contribution in [2.75, 3.05) is 39.9 Å². The maximum atomic E-state index is 5.74. The zero-order valence-electron chi connectivity index (χ0n) is 12.0. The number of hydrogen-bond acceptors (Lipinski definition) is 5. The lowest BCUT2D eigenvalue weighted by Crippen LogP contribution is -2.48. The summed E-state index contributed by atoms with van der Waals surface area (Å²) in [6.07, 6.45) is 2.43. The highest BCUT2D eigenvalue weighted by Crippen LogP contribution is 2.29. The van der Waals surface area contributed by atoms with Gasteiger partial charge in [-0.1, -0.05) is 6.92 Å². The van der Waals surface area contributed by atoms with Crippen molar-refractivity contribution in [3.63, 3.8) is 0 Å². The van der Waals surface area contributed by atoms with Crippen molar-refractivity contribution in [3.05, 3.63) is 16.6 Å². The molecule has 0 bridgehead atoms. The number of ether oxygens (including phenoxy) is 1. The van der Waals surface area contributed by atoms with Gasteiger partial charge in [-0.15, -0.1) is 11.3 Å². The van der Waals surface area contributed by atoms with Crippen LogP contribution < -0.4 is 5.32 Å². The molecule has 19 heavy (non-hydrogen) atoms. The first-order valence-electron chi connectivity index (χ1n) is 7.08. The summed E-state index contributed by atoms with van der Waals surface area (Å²) in [4.78, 5) is 6.74. The van der Waals surface area contributed by atoms with E-state index >= 15 is 0 Å². The number of rotatable bonds is 7. The fourth-order valence-corrected chi connectivity index (χ4v) is 3.39. The fraction of sp³-hybridized carbons (Fsp3) is 0.786. The molecule has 1 fully saturated rings. The van der Waals surface area contributed by atoms with E-state index in [0.717, 1.165) is 39.4 Å². The Morgan fingerprint density at radius 3 is 3.11 bits per heavy atom. The molecule has 1 N–H and O–H groups in total. The van der Waals surface area contributed by atoms with E-state index in [1.54, 1.807) is 11.3 Å². The average molecular weight is 283 g/mol. The van der Waals surface area contributed by atoms with Crippen LogP contribution in [0.4, 0.5) is 0 Å². The number of nitrogens with zero attached hydrogens (tertiary/aromatic N) is 2. The van der Waals surface area contributed by atoms with Gasteiger partial charge in [-0.05, 0) is 26.4 Å². The van der Waals surface area contributed by atoms with Crippen molar-refractivity contribution in [2.45, 2.75) is 26.3 Å². The lowest BCUT2D eigenvalue weighted by molar-refractivity contribution is -0.0235. The average Bonchev–Trinajstić information content (AvgIpc) is 2.90. The lowest BCUT2D eigenvalue weighted by Gasteiger charge is -2.40. The Morgan fingerprint density at radius 1 is 1.58 bits per heavy atom. The molecule has 5 heteroatoms. The Hall–Kier alpha value is -0.490. The maximum absolute atomic E-state index is 5.74. The lowest BCUT2D eigenvalue weighted by atomic mass is 9.81. The van der Waals surface area contributed by atoms with Crippen LogP contribution in [0.2, 0.25) is 0 Å². The monoisotopic (exact) mass is 283 g/mol. The van der Waals surface area contributed by atoms with E-state index in [0.29, 0.717) is 0 Å². The highest BCUT2D eigenvalue weighted by molar-refractivity contribution is 7.07. The predicted octanol–water partition coefficient (Wildman–Crippen LogP) is 1.98. The summed E-state index contributed by atoms with van der Waals surface area (Å²) in [6.45, 7) is 8.03. The first-order chi connectivity index (χ1) is 9.24. The molecule has 4 nitrogen and oxygen atoms in total. The van der Waals surface area contributed by atoms with Gasteiger partial charge in [0, 0.05) is 37.0 Å². The normalized spacial score (nSPS) is 23.9. The van der Waals surface area contributed by atoms with Crippen LogP contribution in [-0.4, -0.2) is 49.8 Å². The van der Waals surface area contributed by atoms with Crippen molar-refractivity contribution in [1.82, 2.24) is 15.2 Å². The first-order valence-corrected chi connectivity index (χ1v) is 8.02. The molecule has 1 aromatic rings. The van der Waals surface area contributed by atoms with Gasteiger partial charge >= 0.3 is 0 Å². The van der Waals surface area contributed by atoms with E-state index in [2.05, 4.69) is 34.6 Å². The Balaban J connectivity index is 1.90. The smallest absolute Gasteiger partial charge is 0.0795 e. The number of nitrogens with one attached hydrogen (secondary N) is 1. The van der Waals surface area contributed by atoms with Crippen LogP contribution in [-0.2, 0) is 11.3 Å². The SMILES string of the molecule is CCNCC1(CN(C)Cc2cscn2)CCCOC1. The third-order valence-electron chi connectivity index (χ3n) is 3.67. The van der Waals surface area contributed by atoms with Crippen LogP contribution in [0.5, 0.6) is 0 Å². The standard InChI is InChI=1S/C14H25N3OS/c1-3-15-9-14(5-4-6-18-11-14)10-17(2)7-13-8-19-12-16-13/h8,12,15H,3-7,9-11H2,1-2H3. The van der Waals surface area contributed by atoms with Crippen LogP contribution in [0.25, 0.3) is 0 Å². The van der Waals surface area contributed by atoms with Gasteiger partial charge in [0.1, 0.15) is 0 Å². The van der Waals surface area contributed by atoms with Gasteiger partial charge in [-0.2, -0.15) is 0 Å². The summed E-state index contributed by atoms with van der Waals surface area (Å²) >= 11 is 1.67. The molecule has 1 unspecified atom stereocenters. The third kappa shape index (κ3) is 4.53. The highest BCUT2D eigenvalue weighted by Gasteiger charge is 2.33. The van der Waals surface area contributed by atoms with Gasteiger partial charge in [0.2, 0.25) is 0 Å². The molecule has 0 saturated carbocycles. The minimum atomic E-state index is 0.263. The van der Waals surface area contributed by atoms with Crippen LogP contribution in [0, 0.1) is 5.41 Å². The maximum Gasteiger partial charge on any atom is 0.0795 e. The van der Waals surface area contributed by atoms with E-state index in [1.165, 1.54) is 18.5 Å². The Labute approximate surface area is 120 Å². The van der Waals surface area contributed by atoms with Crippen LogP contribution in [0.3, 0.4) is 0 Å². The molecule has 1 saturated heterocycles. The minimum Gasteiger partial charge on any atom is -0.381 e. The molecule has 1 aliphatic rings. The van der Waals surface area contributed by atoms with Crippen molar-refractivity contribution in [1.29, 1.82) is 0 Å². The van der Waals surface area contributed by atoms with Gasteiger partial charge in [-0.3, -0.25) is 4.90 Å². The van der Waals surface area contributed by atoms with Crippen molar-refractivity contribution >= 4 is 11.3 Å². The molecule has 0 aliphatic carbocycles. The summed E-state index contributed by atoms with van der Waals surface area (Å²) in [5, 5.41) is 5.63. The molecule has 1 aromatic heterocycles. The molecule has 0 spiro atoms. The topological polar surface area (TPSA) is 37.4 Å². The fourth-order valence-electron chi connectivity index (χ4n) is 2.84. The summed E-state index contributed by atoms with van der Waals surface area (Å²) in [6, 6.07) is 0. The molecule has 2 rings (SSSR count). The summed E-state index contributed by atoms with van der Waals surface area (Å²) in [5.41, 5.74) is 3.34. The molecule has 1 aliphatic heterocycles. The van der Waals surface area contributed by atoms with Crippen LogP contribution in [0.1, 0.15) is 25.5 Å². The quantitative estimate of drug-likeness (QED) is 0.830. The molecule has 108 valence electrons. The first kappa shape index (κ1) is 14.9. The molecule has 0 radical (unpaired) electrons. The molecular weight excluding hydrogens is 258 g/mol. The third-order valence-corrected chi connectivity index (χ3v) is 4.31. The van der Waals surface area contributed by atoms with Crippen LogP contribution in [0.15, 0.2) is 10.9 Å². The van der Waals surface area contributed by atoms with Gasteiger partial charge < -0.3 is 10.1 Å². The molecule has 2 heterocycles. The van der Waals surface area contributed by atoms with E-state index < -0.39 is 0 Å². The second kappa shape index (κ2) is 7.33. The Morgan fingerprint density at radius 2 is 2.47 bits per heavy atom. The molecule has 1 atom stereocenters. The van der Waals surface area contributed by atoms with Crippen LogP contribution >= 0.6 is 11.3 Å². The summed E-state index contributed by atoms with van der Waals surface area (Å²) < 4.78 is 5.74. The predicted molar refractivity (Wildman–Crippen MR) is 79.5 cm³/mol. The van der Waals surface area contributed by atoms with E-state index in [-0.39, 0.29) is 5.41 Å². The Kier molecular flexibility index (Phi) is 5.76. The van der Waals surface area contributed by atoms with Crippen molar-refractivity contribution in [2.24, 2.45) is 5.41 Å². The minimum absolute atomic E-state index is 0.263. The van der Waals surface area contributed by atoms with Gasteiger partial charge in [-0.25, -0.2) is 4.98 Å². The largest absolute Gasteiger partial charge is 0.381 e. The van der Waals surface area contributed by atoms with Gasteiger partial charge in [0.05, 0.1) is 17.8 Å². The summed E-state index contributed by atoms with van der Waals surface area (Å²) in [5.74, 6) is 0. The van der Waals surface area contributed by atoms with E-state index in [4.69, 9.17) is 4.74 Å². The second-order valence-corrected chi connectivity index (χ2v) is 6.31. The van der Waals surface area contributed by atoms with Gasteiger partial charge in [0.25, 0.3) is 0 Å². The van der Waals surface area contributed by atoms with Crippen molar-refractivity contribution < 1.29 is 4.74 Å². The zero-order chi connectivity index (χ0) is 13.6. The molecular formula is C14H25N3OS. The Bertz CT molecular complexity index is 350. The molecule has 0 amide bonds. The zero-order valence-corrected chi connectivity index (χ0v) is 12.8. The molecule has 0 aromatic carbocycles. The van der Waals surface area contributed by atoms with Crippen molar-refractivity contribution in [3.8, 4) is 0 Å². The van der Waals surface area contributed by atoms with E-state index in [1.807, 2.05) is 5.51 Å².